The average Bonchev–Trinajstić information content (AvgIpc) is 2.61. The monoisotopic (exact) mass is 376 g/mol. The third kappa shape index (κ3) is 6.21. The van der Waals surface area contributed by atoms with Crippen molar-refractivity contribution in [3.05, 3.63) is 0 Å². The summed E-state index contributed by atoms with van der Waals surface area (Å²) in [6.07, 6.45) is 3.24. The van der Waals surface area contributed by atoms with Gasteiger partial charge in [0.1, 0.15) is 0 Å². The SMILES string of the molecule is CCC(N)(CC)NC(C)C(=O)C(CC)(CC)NC(C(=O)O)N(C)SC. The molecule has 8 heteroatoms. The van der Waals surface area contributed by atoms with E-state index in [2.05, 4.69) is 10.6 Å². The second kappa shape index (κ2) is 10.5. The van der Waals surface area contributed by atoms with Crippen LogP contribution in [0.3, 0.4) is 0 Å². The van der Waals surface area contributed by atoms with Gasteiger partial charge in [0, 0.05) is 0 Å². The fourth-order valence-corrected chi connectivity index (χ4v) is 3.27. The van der Waals surface area contributed by atoms with E-state index in [9.17, 15) is 14.7 Å². The van der Waals surface area contributed by atoms with Crippen LogP contribution in [0.5, 0.6) is 0 Å². The van der Waals surface area contributed by atoms with Gasteiger partial charge in [-0.05, 0) is 45.9 Å². The summed E-state index contributed by atoms with van der Waals surface area (Å²) in [6.45, 7) is 9.55. The molecule has 2 unspecified atom stereocenters. The van der Waals surface area contributed by atoms with Crippen LogP contribution in [-0.4, -0.2) is 57.9 Å². The smallest absolute Gasteiger partial charge is 0.336 e. The van der Waals surface area contributed by atoms with Crippen molar-refractivity contribution in [2.24, 2.45) is 5.73 Å². The maximum Gasteiger partial charge on any atom is 0.336 e. The van der Waals surface area contributed by atoms with E-state index in [1.807, 2.05) is 27.7 Å². The van der Waals surface area contributed by atoms with E-state index in [4.69, 9.17) is 5.73 Å². The number of nitrogens with zero attached hydrogens (tertiary/aromatic N) is 1. The highest BCUT2D eigenvalue weighted by atomic mass is 32.2. The van der Waals surface area contributed by atoms with Gasteiger partial charge in [-0.3, -0.25) is 15.4 Å². The zero-order valence-corrected chi connectivity index (χ0v) is 17.5. The number of nitrogens with two attached hydrogens (primary N) is 1. The van der Waals surface area contributed by atoms with Gasteiger partial charge in [0.15, 0.2) is 11.9 Å². The topological polar surface area (TPSA) is 108 Å². The van der Waals surface area contributed by atoms with Crippen LogP contribution in [0.4, 0.5) is 0 Å². The molecule has 0 aromatic rings. The van der Waals surface area contributed by atoms with Gasteiger partial charge in [-0.1, -0.05) is 39.6 Å². The van der Waals surface area contributed by atoms with Gasteiger partial charge in [0.25, 0.3) is 0 Å². The van der Waals surface area contributed by atoms with E-state index in [0.29, 0.717) is 25.7 Å². The van der Waals surface area contributed by atoms with Crippen molar-refractivity contribution in [1.82, 2.24) is 14.9 Å². The Morgan fingerprint density at radius 1 is 1.12 bits per heavy atom. The first kappa shape index (κ1) is 24.3. The summed E-state index contributed by atoms with van der Waals surface area (Å²) >= 11 is 1.30. The fraction of sp³-hybridized carbons (Fsp3) is 0.882. The van der Waals surface area contributed by atoms with Gasteiger partial charge in [0.2, 0.25) is 0 Å². The molecule has 0 aromatic heterocycles. The van der Waals surface area contributed by atoms with E-state index in [0.717, 1.165) is 0 Å². The number of carboxylic acids is 1. The molecule has 5 N–H and O–H groups in total. The second-order valence-corrected chi connectivity index (χ2v) is 7.44. The lowest BCUT2D eigenvalue weighted by atomic mass is 9.83. The van der Waals surface area contributed by atoms with Gasteiger partial charge in [-0.2, -0.15) is 0 Å². The van der Waals surface area contributed by atoms with Crippen molar-refractivity contribution >= 4 is 23.7 Å². The van der Waals surface area contributed by atoms with Gasteiger partial charge < -0.3 is 10.8 Å². The molecule has 2 atom stereocenters. The van der Waals surface area contributed by atoms with Gasteiger partial charge in [-0.25, -0.2) is 9.10 Å². The number of hydrogen-bond donors (Lipinski definition) is 4. The molecule has 0 aliphatic heterocycles. The summed E-state index contributed by atoms with van der Waals surface area (Å²) in [5.74, 6) is -1.07. The molecular formula is C17H36N4O3S. The highest BCUT2D eigenvalue weighted by Crippen LogP contribution is 2.22. The quantitative estimate of drug-likeness (QED) is 0.285. The Labute approximate surface area is 156 Å². The lowest BCUT2D eigenvalue weighted by Crippen LogP contribution is -2.66. The Morgan fingerprint density at radius 2 is 1.60 bits per heavy atom. The van der Waals surface area contributed by atoms with E-state index in [1.165, 1.54) is 11.9 Å². The maximum atomic E-state index is 13.2. The predicted octanol–water partition coefficient (Wildman–Crippen LogP) is 1.78. The Hall–Kier alpha value is -0.670. The number of carbonyl (C=O) groups excluding carboxylic acids is 1. The Balaban J connectivity index is 5.54. The molecule has 0 heterocycles. The third-order valence-corrected chi connectivity index (χ3v) is 5.92. The van der Waals surface area contributed by atoms with Crippen molar-refractivity contribution in [1.29, 1.82) is 0 Å². The Kier molecular flexibility index (Phi) is 10.2. The number of carbonyl (C=O) groups is 2. The molecule has 0 rings (SSSR count). The molecule has 0 aliphatic rings. The molecule has 148 valence electrons. The van der Waals surface area contributed by atoms with Crippen LogP contribution in [0.15, 0.2) is 0 Å². The zero-order valence-electron chi connectivity index (χ0n) is 16.7. The average molecular weight is 377 g/mol. The first-order chi connectivity index (χ1) is 11.6. The predicted molar refractivity (Wildman–Crippen MR) is 104 cm³/mol. The van der Waals surface area contributed by atoms with Crippen molar-refractivity contribution in [2.45, 2.75) is 83.7 Å². The van der Waals surface area contributed by atoms with Crippen LogP contribution in [-0.2, 0) is 9.59 Å². The van der Waals surface area contributed by atoms with Crippen LogP contribution in [0.1, 0.15) is 60.3 Å². The number of Topliss-reactive ketones (excluding diaryl/α,β-unsaturated/α-hetero) is 1. The number of aliphatic carboxylic acids is 1. The number of rotatable bonds is 13. The standard InChI is InChI=1S/C17H36N4O3S/c1-8-16(9-2,20-14(15(23)24)21(6)25-7)13(22)12(5)19-17(18,10-3)11-4/h12,14,19-20H,8-11,18H2,1-7H3,(H,23,24). The van der Waals surface area contributed by atoms with E-state index < -0.39 is 29.4 Å². The lowest BCUT2D eigenvalue weighted by molar-refractivity contribution is -0.144. The summed E-state index contributed by atoms with van der Waals surface area (Å²) in [4.78, 5) is 24.9. The number of hydrogen-bond acceptors (Lipinski definition) is 7. The maximum absolute atomic E-state index is 13.2. The van der Waals surface area contributed by atoms with Gasteiger partial charge >= 0.3 is 5.97 Å². The largest absolute Gasteiger partial charge is 0.479 e. The highest BCUT2D eigenvalue weighted by Gasteiger charge is 2.42. The van der Waals surface area contributed by atoms with Crippen molar-refractivity contribution in [3.8, 4) is 0 Å². The minimum atomic E-state index is -1.01. The number of nitrogens with one attached hydrogen (secondary N) is 2. The number of ketones is 1. The molecule has 0 bridgehead atoms. The Morgan fingerprint density at radius 3 is 1.92 bits per heavy atom. The summed E-state index contributed by atoms with van der Waals surface area (Å²) < 4.78 is 1.60. The molecule has 0 aromatic carbocycles. The minimum absolute atomic E-state index is 0.0602. The first-order valence-corrected chi connectivity index (χ1v) is 10.1. The third-order valence-electron chi connectivity index (χ3n) is 5.14. The van der Waals surface area contributed by atoms with Crippen molar-refractivity contribution < 1.29 is 14.7 Å². The molecule has 0 spiro atoms. The zero-order chi connectivity index (χ0) is 19.8. The summed E-state index contributed by atoms with van der Waals surface area (Å²) in [5, 5.41) is 15.9. The molecule has 7 nitrogen and oxygen atoms in total. The molecule has 0 radical (unpaired) electrons. The molecule has 25 heavy (non-hydrogen) atoms. The van der Waals surface area contributed by atoms with Gasteiger partial charge in [-0.15, -0.1) is 0 Å². The van der Waals surface area contributed by atoms with Gasteiger partial charge in [0.05, 0.1) is 17.2 Å². The van der Waals surface area contributed by atoms with Crippen LogP contribution < -0.4 is 16.4 Å². The molecule has 0 saturated heterocycles. The van der Waals surface area contributed by atoms with E-state index >= 15 is 0 Å². The molecule has 0 amide bonds. The summed E-state index contributed by atoms with van der Waals surface area (Å²) in [6, 6.07) is -0.480. The van der Waals surface area contributed by atoms with E-state index in [1.54, 1.807) is 24.5 Å². The summed E-state index contributed by atoms with van der Waals surface area (Å²) in [5.41, 5.74) is 4.76. The summed E-state index contributed by atoms with van der Waals surface area (Å²) in [7, 11) is 1.69. The second-order valence-electron chi connectivity index (χ2n) is 6.50. The molecule has 0 fully saturated rings. The fourth-order valence-electron chi connectivity index (χ4n) is 2.91. The van der Waals surface area contributed by atoms with Crippen LogP contribution in [0, 0.1) is 0 Å². The van der Waals surface area contributed by atoms with Crippen LogP contribution >= 0.6 is 11.9 Å². The van der Waals surface area contributed by atoms with Crippen molar-refractivity contribution in [2.75, 3.05) is 13.3 Å². The normalized spacial score (nSPS) is 15.2. The Bertz CT molecular complexity index is 440. The highest BCUT2D eigenvalue weighted by molar-refractivity contribution is 7.96. The van der Waals surface area contributed by atoms with Crippen LogP contribution in [0.2, 0.25) is 0 Å². The molecule has 0 saturated carbocycles. The van der Waals surface area contributed by atoms with Crippen LogP contribution in [0.25, 0.3) is 0 Å². The lowest BCUT2D eigenvalue weighted by Gasteiger charge is -2.40. The number of likely N-dealkylation sites (N-methyl/N-ethyl adjacent to an activating group) is 1. The first-order valence-electron chi connectivity index (χ1n) is 8.94. The number of carboxylic acid groups (broad SMARTS) is 1. The molecular weight excluding hydrogens is 340 g/mol. The minimum Gasteiger partial charge on any atom is -0.479 e. The van der Waals surface area contributed by atoms with E-state index in [-0.39, 0.29) is 5.78 Å². The van der Waals surface area contributed by atoms with Crippen molar-refractivity contribution in [3.63, 3.8) is 0 Å². The molecule has 0 aliphatic carbocycles.